The van der Waals surface area contributed by atoms with Crippen LogP contribution in [-0.2, 0) is 46.3 Å². The van der Waals surface area contributed by atoms with Gasteiger partial charge in [0.1, 0.15) is 6.54 Å². The van der Waals surface area contributed by atoms with Crippen LogP contribution in [0.3, 0.4) is 0 Å². The maximum atomic E-state index is 11.4. The molecule has 1 rings (SSSR count). The van der Waals surface area contributed by atoms with E-state index in [1.54, 1.807) is 21.3 Å². The van der Waals surface area contributed by atoms with E-state index in [4.69, 9.17) is 13.3 Å². The molecule has 0 spiro atoms. The van der Waals surface area contributed by atoms with Gasteiger partial charge in [0, 0.05) is 45.9 Å². The van der Waals surface area contributed by atoms with Gasteiger partial charge >= 0.3 is 19.8 Å². The number of rotatable bonds is 13. The van der Waals surface area contributed by atoms with Crippen LogP contribution in [0.15, 0.2) is 24.5 Å². The zero-order valence-electron chi connectivity index (χ0n) is 20.1. The van der Waals surface area contributed by atoms with E-state index in [2.05, 4.69) is 36.0 Å². The highest BCUT2D eigenvalue weighted by atomic mass is 32.3. The molecule has 0 bridgehead atoms. The average molecular weight is 593 g/mol. The van der Waals surface area contributed by atoms with Gasteiger partial charge in [0.15, 0.2) is 32.4 Å². The molecule has 0 aliphatic heterocycles. The van der Waals surface area contributed by atoms with E-state index >= 15 is 0 Å². The van der Waals surface area contributed by atoms with Gasteiger partial charge in [-0.25, -0.2) is 21.4 Å². The predicted molar refractivity (Wildman–Crippen MR) is 119 cm³/mol. The Hall–Kier alpha value is -1.31. The fourth-order valence-corrected chi connectivity index (χ4v) is 6.10. The van der Waals surface area contributed by atoms with Crippen molar-refractivity contribution in [2.24, 2.45) is 0 Å². The van der Waals surface area contributed by atoms with E-state index in [1.165, 1.54) is 24.8 Å². The quantitative estimate of drug-likeness (QED) is 0.147. The summed E-state index contributed by atoms with van der Waals surface area (Å²) < 4.78 is 128. The Bertz CT molecular complexity index is 934. The van der Waals surface area contributed by atoms with E-state index in [0.717, 1.165) is 29.6 Å². The molecule has 0 aromatic carbocycles. The van der Waals surface area contributed by atoms with Crippen LogP contribution in [0.5, 0.6) is 0 Å². The monoisotopic (exact) mass is 592 g/mol. The van der Waals surface area contributed by atoms with E-state index in [0.29, 0.717) is 0 Å². The van der Waals surface area contributed by atoms with Crippen molar-refractivity contribution in [2.75, 3.05) is 21.3 Å². The van der Waals surface area contributed by atoms with Crippen molar-refractivity contribution in [3.05, 3.63) is 34.2 Å². The summed E-state index contributed by atoms with van der Waals surface area (Å²) in [5, 5.41) is 0. The number of aryl methyl sites for hydroxylation is 2. The van der Waals surface area contributed by atoms with Crippen LogP contribution in [0.1, 0.15) is 38.2 Å². The molecule has 0 saturated heterocycles. The van der Waals surface area contributed by atoms with Crippen LogP contribution in [0.2, 0.25) is 6.04 Å². The molecule has 0 aliphatic rings. The average Bonchev–Trinajstić information content (AvgIpc) is 2.77. The highest BCUT2D eigenvalue weighted by Crippen LogP contribution is 2.36. The van der Waals surface area contributed by atoms with Crippen LogP contribution < -0.4 is 4.57 Å². The largest absolute Gasteiger partial charge is 0.500 e. The van der Waals surface area contributed by atoms with Crippen molar-refractivity contribution < 1.29 is 61.0 Å². The predicted octanol–water partition coefficient (Wildman–Crippen LogP) is 4.03. The minimum atomic E-state index is -6.72. The molecule has 0 N–H and O–H groups in total. The van der Waals surface area contributed by atoms with Crippen molar-refractivity contribution in [3.63, 3.8) is 0 Å². The molecule has 0 fully saturated rings. The zero-order chi connectivity index (χ0) is 28.3. The number of halogens is 6. The highest BCUT2D eigenvalue weighted by Gasteiger charge is 2.47. The molecule has 0 aliphatic carbocycles. The van der Waals surface area contributed by atoms with Gasteiger partial charge in [-0.2, -0.15) is 26.3 Å². The fourth-order valence-electron chi connectivity index (χ4n) is 2.59. The van der Waals surface area contributed by atoms with Gasteiger partial charge in [0.05, 0.1) is 0 Å². The number of sulfonamides is 2. The molecule has 212 valence electrons. The molecule has 0 unspecified atom stereocenters. The van der Waals surface area contributed by atoms with E-state index in [-0.39, 0.29) is 0 Å². The SMILES string of the molecule is CCCCc1cc[n+](CCCC[Si](OC)(OC)OC)cc1.O=S(=O)([N-]S(=O)(=O)C(F)(F)F)C(F)(F)F. The number of alkyl halides is 6. The lowest BCUT2D eigenvalue weighted by Crippen LogP contribution is -2.42. The van der Waals surface area contributed by atoms with Gasteiger partial charge in [-0.15, -0.1) is 0 Å². The number of pyridine rings is 1. The molecular formula is C18H30F6N2O7S2Si. The van der Waals surface area contributed by atoms with Gasteiger partial charge in [-0.1, -0.05) is 13.3 Å². The Kier molecular flexibility index (Phi) is 14.0. The number of hydrogen-bond donors (Lipinski definition) is 0. The summed E-state index contributed by atoms with van der Waals surface area (Å²) in [6.45, 7) is 3.25. The third-order valence-corrected chi connectivity index (χ3v) is 10.2. The molecule has 0 amide bonds. The van der Waals surface area contributed by atoms with Crippen LogP contribution in [0.4, 0.5) is 26.3 Å². The molecule has 36 heavy (non-hydrogen) atoms. The highest BCUT2D eigenvalue weighted by molar-refractivity contribution is 8.13. The van der Waals surface area contributed by atoms with Gasteiger partial charge in [0.2, 0.25) is 0 Å². The van der Waals surface area contributed by atoms with E-state index in [9.17, 15) is 43.2 Å². The first kappa shape index (κ1) is 34.7. The second-order valence-corrected chi connectivity index (χ2v) is 13.7. The Morgan fingerprint density at radius 1 is 0.833 bits per heavy atom. The van der Waals surface area contributed by atoms with Crippen molar-refractivity contribution in [2.45, 2.75) is 62.6 Å². The Balaban J connectivity index is 0.000000723. The van der Waals surface area contributed by atoms with Crippen LogP contribution in [-0.4, -0.2) is 58.0 Å². The summed E-state index contributed by atoms with van der Waals surface area (Å²) in [5.74, 6) is 0. The lowest BCUT2D eigenvalue weighted by Gasteiger charge is -2.23. The second-order valence-electron chi connectivity index (χ2n) is 7.22. The molecule has 0 atom stereocenters. The maximum absolute atomic E-state index is 11.4. The van der Waals surface area contributed by atoms with E-state index in [1.807, 2.05) is 0 Å². The Morgan fingerprint density at radius 3 is 1.64 bits per heavy atom. The van der Waals surface area contributed by atoms with Crippen LogP contribution in [0.25, 0.3) is 4.13 Å². The van der Waals surface area contributed by atoms with Crippen LogP contribution >= 0.6 is 0 Å². The lowest BCUT2D eigenvalue weighted by atomic mass is 10.1. The summed E-state index contributed by atoms with van der Waals surface area (Å²) in [5.41, 5.74) is -11.0. The molecule has 0 saturated carbocycles. The number of aromatic nitrogens is 1. The summed E-state index contributed by atoms with van der Waals surface area (Å²) in [7, 11) is -10.8. The minimum absolute atomic E-state index is 0.778. The molecule has 1 aromatic rings. The first-order valence-corrected chi connectivity index (χ1v) is 15.2. The summed E-state index contributed by atoms with van der Waals surface area (Å²) in [4.78, 5) is 0. The molecule has 9 nitrogen and oxygen atoms in total. The van der Waals surface area contributed by atoms with Gasteiger partial charge in [-0.05, 0) is 24.8 Å². The number of nitrogens with zero attached hydrogens (tertiary/aromatic N) is 2. The lowest BCUT2D eigenvalue weighted by molar-refractivity contribution is -0.697. The van der Waals surface area contributed by atoms with Crippen molar-refractivity contribution in [1.29, 1.82) is 0 Å². The molecule has 18 heteroatoms. The summed E-state index contributed by atoms with van der Waals surface area (Å²) >= 11 is 0. The maximum Gasteiger partial charge on any atom is 0.500 e. The molecular weight excluding hydrogens is 562 g/mol. The molecule has 1 aromatic heterocycles. The fraction of sp³-hybridized carbons (Fsp3) is 0.722. The van der Waals surface area contributed by atoms with Crippen molar-refractivity contribution in [3.8, 4) is 0 Å². The molecule has 1 heterocycles. The normalized spacial score (nSPS) is 13.3. The minimum Gasteiger partial charge on any atom is -0.421 e. The van der Waals surface area contributed by atoms with Crippen LogP contribution in [0, 0.1) is 0 Å². The number of hydrogen-bond acceptors (Lipinski definition) is 7. The van der Waals surface area contributed by atoms with E-state index < -0.39 is 39.9 Å². The zero-order valence-corrected chi connectivity index (χ0v) is 22.7. The third-order valence-electron chi connectivity index (χ3n) is 4.64. The summed E-state index contributed by atoms with van der Waals surface area (Å²) in [6, 6.07) is 5.33. The third kappa shape index (κ3) is 11.4. The van der Waals surface area contributed by atoms with Gasteiger partial charge in [0.25, 0.3) is 0 Å². The first-order valence-electron chi connectivity index (χ1n) is 10.4. The smallest absolute Gasteiger partial charge is 0.421 e. The summed E-state index contributed by atoms with van der Waals surface area (Å²) in [6.07, 6.45) is 10.2. The molecule has 0 radical (unpaired) electrons. The standard InChI is InChI=1S/C16H30NO3Si.C2F6NO4S2/c1-5-6-9-16-10-13-17(14-11-16)12-7-8-15-21(18-2,19-3)20-4;3-1(4,5)14(10,11)9-15(12,13)2(6,7)8/h10-11,13-14H,5-9,12,15H2,1-4H3;/q+1;-1. The van der Waals surface area contributed by atoms with Gasteiger partial charge in [-0.3, -0.25) is 0 Å². The van der Waals surface area contributed by atoms with Gasteiger partial charge < -0.3 is 17.4 Å². The Labute approximate surface area is 208 Å². The Morgan fingerprint density at radius 2 is 1.28 bits per heavy atom. The second kappa shape index (κ2) is 14.6. The van der Waals surface area contributed by atoms with Crippen molar-refractivity contribution >= 4 is 28.9 Å². The first-order chi connectivity index (χ1) is 16.4. The number of unbranched alkanes of at least 4 members (excludes halogenated alkanes) is 2. The van der Waals surface area contributed by atoms with Crippen molar-refractivity contribution in [1.82, 2.24) is 0 Å². The topological polar surface area (TPSA) is 114 Å².